The number of rotatable bonds is 12. The zero-order valence-electron chi connectivity index (χ0n) is 19.2. The summed E-state index contributed by atoms with van der Waals surface area (Å²) >= 11 is 0. The lowest BCUT2D eigenvalue weighted by Gasteiger charge is -2.12. The maximum atomic E-state index is 11.0. The molecule has 0 atom stereocenters. The molecule has 33 heavy (non-hydrogen) atoms. The molecule has 1 aromatic heterocycles. The van der Waals surface area contributed by atoms with Crippen LogP contribution in [0.2, 0.25) is 0 Å². The van der Waals surface area contributed by atoms with Crippen LogP contribution in [0, 0.1) is 6.92 Å². The SMILES string of the molecule is CCCCC(=NOCCOc1cccc(CC(=O)O)c1C)c1ccc(-c2ccccn2)cc1. The van der Waals surface area contributed by atoms with Gasteiger partial charge in [0, 0.05) is 11.8 Å². The Morgan fingerprint density at radius 3 is 2.55 bits per heavy atom. The van der Waals surface area contributed by atoms with Crippen molar-refractivity contribution in [1.29, 1.82) is 0 Å². The van der Waals surface area contributed by atoms with E-state index in [2.05, 4.69) is 41.3 Å². The molecule has 172 valence electrons. The van der Waals surface area contributed by atoms with E-state index < -0.39 is 5.97 Å². The molecule has 0 unspecified atom stereocenters. The molecule has 0 aliphatic heterocycles. The minimum absolute atomic E-state index is 0.0241. The number of aliphatic carboxylic acids is 1. The molecule has 0 aliphatic rings. The van der Waals surface area contributed by atoms with Crippen LogP contribution in [0.25, 0.3) is 11.3 Å². The summed E-state index contributed by atoms with van der Waals surface area (Å²) in [5.74, 6) is -0.196. The summed E-state index contributed by atoms with van der Waals surface area (Å²) in [5.41, 5.74) is 5.51. The van der Waals surface area contributed by atoms with E-state index in [1.54, 1.807) is 18.3 Å². The van der Waals surface area contributed by atoms with Gasteiger partial charge in [0.1, 0.15) is 12.4 Å². The number of ether oxygens (including phenoxy) is 1. The van der Waals surface area contributed by atoms with E-state index in [-0.39, 0.29) is 6.42 Å². The van der Waals surface area contributed by atoms with Gasteiger partial charge in [0.2, 0.25) is 0 Å². The molecule has 0 aliphatic carbocycles. The Morgan fingerprint density at radius 2 is 1.85 bits per heavy atom. The predicted octanol–water partition coefficient (Wildman–Crippen LogP) is 5.67. The fourth-order valence-corrected chi connectivity index (χ4v) is 3.44. The first-order valence-electron chi connectivity index (χ1n) is 11.2. The first-order chi connectivity index (χ1) is 16.1. The van der Waals surface area contributed by atoms with Gasteiger partial charge < -0.3 is 14.7 Å². The van der Waals surface area contributed by atoms with Gasteiger partial charge in [-0.25, -0.2) is 0 Å². The van der Waals surface area contributed by atoms with Gasteiger partial charge in [-0.15, -0.1) is 0 Å². The minimum Gasteiger partial charge on any atom is -0.490 e. The second kappa shape index (κ2) is 12.4. The highest BCUT2D eigenvalue weighted by Gasteiger charge is 2.09. The summed E-state index contributed by atoms with van der Waals surface area (Å²) in [6.45, 7) is 4.63. The first-order valence-corrected chi connectivity index (χ1v) is 11.2. The van der Waals surface area contributed by atoms with Gasteiger partial charge in [0.25, 0.3) is 0 Å². The molecule has 3 rings (SSSR count). The van der Waals surface area contributed by atoms with Crippen LogP contribution in [0.3, 0.4) is 0 Å². The Hall–Kier alpha value is -3.67. The number of unbranched alkanes of at least 4 members (excludes halogenated alkanes) is 1. The second-order valence-corrected chi connectivity index (χ2v) is 7.73. The monoisotopic (exact) mass is 446 g/mol. The molecule has 0 spiro atoms. The molecule has 2 aromatic carbocycles. The third kappa shape index (κ3) is 7.17. The molecule has 0 amide bonds. The Labute approximate surface area is 194 Å². The van der Waals surface area contributed by atoms with Gasteiger partial charge >= 0.3 is 5.97 Å². The predicted molar refractivity (Wildman–Crippen MR) is 130 cm³/mol. The standard InChI is InChI=1S/C27H30N2O4/c1-3-4-9-25(22-14-12-21(13-15-22)24-10-5-6-16-28-24)29-33-18-17-32-26-11-7-8-23(20(26)2)19-27(30)31/h5-8,10-16H,3-4,9,17-19H2,1-2H3,(H,30,31). The maximum Gasteiger partial charge on any atom is 0.307 e. The maximum absolute atomic E-state index is 11.0. The summed E-state index contributed by atoms with van der Waals surface area (Å²) in [4.78, 5) is 21.0. The Bertz CT molecular complexity index is 1060. The zero-order chi connectivity index (χ0) is 23.5. The Balaban J connectivity index is 1.59. The highest BCUT2D eigenvalue weighted by Crippen LogP contribution is 2.22. The summed E-state index contributed by atoms with van der Waals surface area (Å²) in [7, 11) is 0. The van der Waals surface area contributed by atoms with E-state index in [0.29, 0.717) is 19.0 Å². The molecular formula is C27H30N2O4. The first kappa shape index (κ1) is 24.0. The van der Waals surface area contributed by atoms with Gasteiger partial charge in [0.05, 0.1) is 17.8 Å². The molecule has 1 heterocycles. The topological polar surface area (TPSA) is 81.0 Å². The number of carbonyl (C=O) groups is 1. The van der Waals surface area contributed by atoms with Crippen molar-refractivity contribution in [3.05, 3.63) is 83.6 Å². The molecule has 6 heteroatoms. The number of oxime groups is 1. The lowest BCUT2D eigenvalue weighted by Crippen LogP contribution is -2.09. The molecule has 0 bridgehead atoms. The van der Waals surface area contributed by atoms with E-state index in [9.17, 15) is 4.79 Å². The lowest BCUT2D eigenvalue weighted by molar-refractivity contribution is -0.136. The van der Waals surface area contributed by atoms with Crippen molar-refractivity contribution < 1.29 is 19.5 Å². The Kier molecular flexibility index (Phi) is 9.00. The number of aromatic nitrogens is 1. The van der Waals surface area contributed by atoms with E-state index in [4.69, 9.17) is 14.7 Å². The number of carboxylic acids is 1. The van der Waals surface area contributed by atoms with Gasteiger partial charge in [-0.2, -0.15) is 0 Å². The van der Waals surface area contributed by atoms with Crippen LogP contribution < -0.4 is 4.74 Å². The summed E-state index contributed by atoms with van der Waals surface area (Å²) < 4.78 is 5.80. The lowest BCUT2D eigenvalue weighted by atomic mass is 10.0. The number of benzene rings is 2. The van der Waals surface area contributed by atoms with E-state index >= 15 is 0 Å². The van der Waals surface area contributed by atoms with Crippen LogP contribution in [-0.4, -0.2) is 35.0 Å². The van der Waals surface area contributed by atoms with Crippen LogP contribution in [0.15, 0.2) is 72.0 Å². The van der Waals surface area contributed by atoms with Crippen molar-refractivity contribution >= 4 is 11.7 Å². The van der Waals surface area contributed by atoms with Crippen LogP contribution in [0.1, 0.15) is 42.9 Å². The summed E-state index contributed by atoms with van der Waals surface area (Å²) in [6, 6.07) is 19.5. The van der Waals surface area contributed by atoms with Gasteiger partial charge in [-0.05, 0) is 54.7 Å². The highest BCUT2D eigenvalue weighted by atomic mass is 16.6. The molecule has 6 nitrogen and oxygen atoms in total. The van der Waals surface area contributed by atoms with Crippen LogP contribution in [-0.2, 0) is 16.1 Å². The summed E-state index contributed by atoms with van der Waals surface area (Å²) in [5, 5.41) is 13.4. The number of nitrogens with zero attached hydrogens (tertiary/aromatic N) is 2. The minimum atomic E-state index is -0.861. The molecule has 0 saturated heterocycles. The van der Waals surface area contributed by atoms with Crippen LogP contribution in [0.5, 0.6) is 5.75 Å². The average Bonchev–Trinajstić information content (AvgIpc) is 2.83. The number of carboxylic acid groups (broad SMARTS) is 1. The molecule has 0 fully saturated rings. The largest absolute Gasteiger partial charge is 0.490 e. The number of hydrogen-bond acceptors (Lipinski definition) is 5. The second-order valence-electron chi connectivity index (χ2n) is 7.73. The fraction of sp³-hybridized carbons (Fsp3) is 0.296. The normalized spacial score (nSPS) is 11.3. The van der Waals surface area contributed by atoms with E-state index in [1.807, 2.05) is 31.2 Å². The van der Waals surface area contributed by atoms with Crippen molar-refractivity contribution in [2.24, 2.45) is 5.16 Å². The quantitative estimate of drug-likeness (QED) is 0.220. The van der Waals surface area contributed by atoms with Crippen molar-refractivity contribution in [3.63, 3.8) is 0 Å². The van der Waals surface area contributed by atoms with Crippen molar-refractivity contribution in [3.8, 4) is 17.0 Å². The Morgan fingerprint density at radius 1 is 1.03 bits per heavy atom. The fourth-order valence-electron chi connectivity index (χ4n) is 3.44. The van der Waals surface area contributed by atoms with Crippen LogP contribution >= 0.6 is 0 Å². The third-order valence-corrected chi connectivity index (χ3v) is 5.29. The van der Waals surface area contributed by atoms with Crippen molar-refractivity contribution in [2.75, 3.05) is 13.2 Å². The van der Waals surface area contributed by atoms with E-state index in [0.717, 1.165) is 52.9 Å². The average molecular weight is 447 g/mol. The van der Waals surface area contributed by atoms with E-state index in [1.165, 1.54) is 0 Å². The molecule has 0 radical (unpaired) electrons. The van der Waals surface area contributed by atoms with Crippen molar-refractivity contribution in [1.82, 2.24) is 4.98 Å². The molecule has 0 saturated carbocycles. The molecule has 3 aromatic rings. The molecule has 1 N–H and O–H groups in total. The van der Waals surface area contributed by atoms with Gasteiger partial charge in [-0.3, -0.25) is 9.78 Å². The third-order valence-electron chi connectivity index (χ3n) is 5.29. The van der Waals surface area contributed by atoms with Gasteiger partial charge in [0.15, 0.2) is 6.61 Å². The van der Waals surface area contributed by atoms with Crippen molar-refractivity contribution in [2.45, 2.75) is 39.5 Å². The molecular weight excluding hydrogens is 416 g/mol. The highest BCUT2D eigenvalue weighted by molar-refractivity contribution is 6.00. The summed E-state index contributed by atoms with van der Waals surface area (Å²) in [6.07, 6.45) is 4.69. The number of hydrogen-bond donors (Lipinski definition) is 1. The smallest absolute Gasteiger partial charge is 0.307 e. The number of pyridine rings is 1. The zero-order valence-corrected chi connectivity index (χ0v) is 19.2. The van der Waals surface area contributed by atoms with Crippen LogP contribution in [0.4, 0.5) is 0 Å². The van der Waals surface area contributed by atoms with Gasteiger partial charge in [-0.1, -0.05) is 61.0 Å².